The molecule has 27 heavy (non-hydrogen) atoms. The van der Waals surface area contributed by atoms with E-state index < -0.39 is 21.5 Å². The summed E-state index contributed by atoms with van der Waals surface area (Å²) in [6, 6.07) is 6.09. The largest absolute Gasteiger partial charge is 0.349 e. The lowest BCUT2D eigenvalue weighted by atomic mass is 10.2. The number of benzene rings is 1. The topological polar surface area (TPSA) is 79.4 Å². The number of amides is 1. The van der Waals surface area contributed by atoms with E-state index in [0.29, 0.717) is 18.7 Å². The molecular weight excluding hydrogens is 376 g/mol. The van der Waals surface area contributed by atoms with Gasteiger partial charge in [0.1, 0.15) is 23.0 Å². The molecule has 6 nitrogen and oxygen atoms in total. The second-order valence-electron chi connectivity index (χ2n) is 6.30. The zero-order valence-corrected chi connectivity index (χ0v) is 15.5. The maximum Gasteiger partial charge on any atom is 0.272 e. The van der Waals surface area contributed by atoms with Crippen molar-refractivity contribution in [3.05, 3.63) is 53.9 Å². The van der Waals surface area contributed by atoms with Crippen LogP contribution in [0.3, 0.4) is 0 Å². The third kappa shape index (κ3) is 4.24. The van der Waals surface area contributed by atoms with E-state index in [-0.39, 0.29) is 34.8 Å². The molecule has 1 N–H and O–H groups in total. The molecular formula is C18H19F2N3O3S. The molecule has 0 radical (unpaired) electrons. The number of aromatic nitrogens is 1. The fourth-order valence-electron chi connectivity index (χ4n) is 3.09. The van der Waals surface area contributed by atoms with E-state index in [1.807, 2.05) is 0 Å². The number of hydrogen-bond donors (Lipinski definition) is 1. The molecule has 2 aromatic rings. The molecule has 0 aliphatic carbocycles. The van der Waals surface area contributed by atoms with Gasteiger partial charge in [-0.15, -0.1) is 0 Å². The minimum atomic E-state index is -3.11. The average molecular weight is 395 g/mol. The van der Waals surface area contributed by atoms with Crippen molar-refractivity contribution in [3.8, 4) is 0 Å². The summed E-state index contributed by atoms with van der Waals surface area (Å²) in [5.41, 5.74) is 0.160. The van der Waals surface area contributed by atoms with Gasteiger partial charge < -0.3 is 10.2 Å². The van der Waals surface area contributed by atoms with Gasteiger partial charge in [0.2, 0.25) is 0 Å². The van der Waals surface area contributed by atoms with Gasteiger partial charge >= 0.3 is 0 Å². The number of para-hydroxylation sites is 1. The number of nitrogens with one attached hydrogen (secondary N) is 1. The molecule has 1 amide bonds. The Bertz CT molecular complexity index is 929. The standard InChI is InChI=1S/C18H19F2N3O3S/c1-2-23(13-8-9-27(25,26)11-13)18(24)16-7-6-12(10-21-16)22-17-14(19)4-3-5-15(17)20/h3-7,10,13,22H,2,8-9,11H2,1H3. The number of carbonyl (C=O) groups is 1. The van der Waals surface area contributed by atoms with Crippen LogP contribution in [0.15, 0.2) is 36.5 Å². The first-order chi connectivity index (χ1) is 12.8. The highest BCUT2D eigenvalue weighted by molar-refractivity contribution is 7.91. The van der Waals surface area contributed by atoms with Gasteiger partial charge in [-0.1, -0.05) is 6.07 Å². The summed E-state index contributed by atoms with van der Waals surface area (Å²) in [7, 11) is -3.11. The van der Waals surface area contributed by atoms with Crippen LogP contribution in [-0.2, 0) is 9.84 Å². The molecule has 2 heterocycles. The van der Waals surface area contributed by atoms with Gasteiger partial charge in [0.05, 0.1) is 23.4 Å². The van der Waals surface area contributed by atoms with E-state index in [0.717, 1.165) is 12.1 Å². The SMILES string of the molecule is CCN(C(=O)c1ccc(Nc2c(F)cccc2F)cn1)C1CCS(=O)(=O)C1. The van der Waals surface area contributed by atoms with Crippen molar-refractivity contribution in [2.24, 2.45) is 0 Å². The number of pyridine rings is 1. The third-order valence-corrected chi connectivity index (χ3v) is 6.22. The predicted octanol–water partition coefficient (Wildman–Crippen LogP) is 2.75. The van der Waals surface area contributed by atoms with Crippen LogP contribution in [0.4, 0.5) is 20.2 Å². The Balaban J connectivity index is 1.75. The van der Waals surface area contributed by atoms with Crippen molar-refractivity contribution in [2.45, 2.75) is 19.4 Å². The number of sulfone groups is 1. The zero-order chi connectivity index (χ0) is 19.6. The molecule has 1 aromatic heterocycles. The molecule has 0 spiro atoms. The molecule has 0 bridgehead atoms. The Labute approximate surface area is 156 Å². The molecule has 1 atom stereocenters. The normalized spacial score (nSPS) is 18.3. The smallest absolute Gasteiger partial charge is 0.272 e. The summed E-state index contributed by atoms with van der Waals surface area (Å²) in [6.07, 6.45) is 1.71. The Kier molecular flexibility index (Phi) is 5.41. The Morgan fingerprint density at radius 1 is 1.26 bits per heavy atom. The molecule has 1 saturated heterocycles. The van der Waals surface area contributed by atoms with Crippen LogP contribution < -0.4 is 5.32 Å². The molecule has 1 aliphatic rings. The van der Waals surface area contributed by atoms with Crippen molar-refractivity contribution in [3.63, 3.8) is 0 Å². The summed E-state index contributed by atoms with van der Waals surface area (Å²) in [6.45, 7) is 2.14. The second kappa shape index (κ2) is 7.59. The number of anilines is 2. The van der Waals surface area contributed by atoms with E-state index in [1.165, 1.54) is 29.3 Å². The highest BCUT2D eigenvalue weighted by atomic mass is 32.2. The molecule has 9 heteroatoms. The first-order valence-electron chi connectivity index (χ1n) is 8.49. The quantitative estimate of drug-likeness (QED) is 0.842. The van der Waals surface area contributed by atoms with Crippen molar-refractivity contribution in [1.29, 1.82) is 0 Å². The summed E-state index contributed by atoms with van der Waals surface area (Å²) < 4.78 is 50.7. The van der Waals surface area contributed by atoms with Gasteiger partial charge in [-0.3, -0.25) is 4.79 Å². The molecule has 1 unspecified atom stereocenters. The Morgan fingerprint density at radius 3 is 2.48 bits per heavy atom. The number of rotatable bonds is 5. The Hall–Kier alpha value is -2.55. The van der Waals surface area contributed by atoms with Gasteiger partial charge in [-0.2, -0.15) is 0 Å². The van der Waals surface area contributed by atoms with Gasteiger partial charge in [0, 0.05) is 12.6 Å². The van der Waals surface area contributed by atoms with Crippen LogP contribution in [0.25, 0.3) is 0 Å². The highest BCUT2D eigenvalue weighted by Crippen LogP contribution is 2.23. The van der Waals surface area contributed by atoms with Gasteiger partial charge in [-0.05, 0) is 37.6 Å². The lowest BCUT2D eigenvalue weighted by molar-refractivity contribution is 0.0702. The zero-order valence-electron chi connectivity index (χ0n) is 14.7. The minimum absolute atomic E-state index is 0.0429. The molecule has 1 aliphatic heterocycles. The van der Waals surface area contributed by atoms with Crippen molar-refractivity contribution in [1.82, 2.24) is 9.88 Å². The molecule has 3 rings (SSSR count). The Morgan fingerprint density at radius 2 is 1.96 bits per heavy atom. The summed E-state index contributed by atoms with van der Waals surface area (Å²) >= 11 is 0. The van der Waals surface area contributed by atoms with E-state index in [9.17, 15) is 22.0 Å². The van der Waals surface area contributed by atoms with Crippen molar-refractivity contribution < 1.29 is 22.0 Å². The summed E-state index contributed by atoms with van der Waals surface area (Å²) in [5.74, 6) is -1.82. The highest BCUT2D eigenvalue weighted by Gasteiger charge is 2.34. The first kappa shape index (κ1) is 19.2. The first-order valence-corrected chi connectivity index (χ1v) is 10.3. The van der Waals surface area contributed by atoms with Gasteiger partial charge in [-0.25, -0.2) is 22.2 Å². The number of halogens is 2. The molecule has 1 aromatic carbocycles. The van der Waals surface area contributed by atoms with Crippen LogP contribution in [0.5, 0.6) is 0 Å². The van der Waals surface area contributed by atoms with E-state index in [1.54, 1.807) is 6.92 Å². The van der Waals surface area contributed by atoms with E-state index in [4.69, 9.17) is 0 Å². The summed E-state index contributed by atoms with van der Waals surface area (Å²) in [4.78, 5) is 18.2. The maximum absolute atomic E-state index is 13.7. The molecule has 1 fully saturated rings. The fourth-order valence-corrected chi connectivity index (χ4v) is 4.82. The van der Waals surface area contributed by atoms with Crippen molar-refractivity contribution in [2.75, 3.05) is 23.4 Å². The van der Waals surface area contributed by atoms with Crippen LogP contribution >= 0.6 is 0 Å². The molecule has 0 saturated carbocycles. The average Bonchev–Trinajstić information content (AvgIpc) is 2.99. The van der Waals surface area contributed by atoms with Gasteiger partial charge in [0.25, 0.3) is 5.91 Å². The predicted molar refractivity (Wildman–Crippen MR) is 97.6 cm³/mol. The van der Waals surface area contributed by atoms with Crippen LogP contribution in [0.2, 0.25) is 0 Å². The lowest BCUT2D eigenvalue weighted by Gasteiger charge is -2.26. The lowest BCUT2D eigenvalue weighted by Crippen LogP contribution is -2.41. The number of hydrogen-bond acceptors (Lipinski definition) is 5. The van der Waals surface area contributed by atoms with Gasteiger partial charge in [0.15, 0.2) is 9.84 Å². The van der Waals surface area contributed by atoms with Crippen molar-refractivity contribution >= 4 is 27.1 Å². The van der Waals surface area contributed by atoms with Crippen LogP contribution in [-0.4, -0.2) is 48.3 Å². The minimum Gasteiger partial charge on any atom is -0.349 e. The van der Waals surface area contributed by atoms with E-state index >= 15 is 0 Å². The van der Waals surface area contributed by atoms with E-state index in [2.05, 4.69) is 10.3 Å². The fraction of sp³-hybridized carbons (Fsp3) is 0.333. The second-order valence-corrected chi connectivity index (χ2v) is 8.53. The maximum atomic E-state index is 13.7. The molecule has 144 valence electrons. The monoisotopic (exact) mass is 395 g/mol. The number of carbonyl (C=O) groups excluding carboxylic acids is 1. The third-order valence-electron chi connectivity index (χ3n) is 4.47. The number of nitrogens with zero attached hydrogens (tertiary/aromatic N) is 2. The van der Waals surface area contributed by atoms with Crippen LogP contribution in [0.1, 0.15) is 23.8 Å². The summed E-state index contributed by atoms with van der Waals surface area (Å²) in [5, 5.41) is 2.60. The van der Waals surface area contributed by atoms with Crippen LogP contribution in [0, 0.1) is 11.6 Å².